The van der Waals surface area contributed by atoms with Crippen LogP contribution in [0.4, 0.5) is 0 Å². The van der Waals surface area contributed by atoms with E-state index in [0.717, 1.165) is 24.2 Å². The fourth-order valence-corrected chi connectivity index (χ4v) is 2.25. The summed E-state index contributed by atoms with van der Waals surface area (Å²) < 4.78 is 5.70. The Morgan fingerprint density at radius 3 is 2.63 bits per heavy atom. The molecule has 1 saturated carbocycles. The summed E-state index contributed by atoms with van der Waals surface area (Å²) in [6, 6.07) is 7.21. The Bertz CT molecular complexity index is 627. The largest absolute Gasteiger partial charge is 0.437 e. The smallest absolute Gasteiger partial charge is 0.224 e. The number of ether oxygens (including phenoxy) is 1. The van der Waals surface area contributed by atoms with Crippen molar-refractivity contribution in [3.05, 3.63) is 45.8 Å². The molecule has 2 aromatic rings. The number of nitrogens with zero attached hydrogens (tertiary/aromatic N) is 2. The third-order valence-corrected chi connectivity index (χ3v) is 3.42. The third kappa shape index (κ3) is 2.99. The normalized spacial score (nSPS) is 14.5. The van der Waals surface area contributed by atoms with Crippen molar-refractivity contribution in [2.75, 3.05) is 0 Å². The van der Waals surface area contributed by atoms with Gasteiger partial charge in [-0.05, 0) is 37.5 Å². The van der Waals surface area contributed by atoms with Gasteiger partial charge in [0.2, 0.25) is 5.88 Å². The van der Waals surface area contributed by atoms with Crippen LogP contribution < -0.4 is 4.74 Å². The number of hydrogen-bond acceptors (Lipinski definition) is 3. The molecule has 0 N–H and O–H groups in total. The van der Waals surface area contributed by atoms with Crippen molar-refractivity contribution in [3.8, 4) is 11.6 Å². The molecule has 0 unspecified atom stereocenters. The molecule has 0 bridgehead atoms. The molecule has 0 aliphatic heterocycles. The van der Waals surface area contributed by atoms with Gasteiger partial charge >= 0.3 is 0 Å². The molecule has 1 fully saturated rings. The lowest BCUT2D eigenvalue weighted by atomic mass is 10.2. The summed E-state index contributed by atoms with van der Waals surface area (Å²) in [5.41, 5.74) is 1.08. The van der Waals surface area contributed by atoms with Gasteiger partial charge in [-0.25, -0.2) is 4.98 Å². The maximum absolute atomic E-state index is 6.13. The Morgan fingerprint density at radius 1 is 1.16 bits per heavy atom. The van der Waals surface area contributed by atoms with Crippen LogP contribution >= 0.6 is 23.2 Å². The summed E-state index contributed by atoms with van der Waals surface area (Å²) in [6.45, 7) is 1.97. The molecular weight excluding hydrogens is 283 g/mol. The highest BCUT2D eigenvalue weighted by Crippen LogP contribution is 2.39. The van der Waals surface area contributed by atoms with Gasteiger partial charge in [-0.15, -0.1) is 0 Å². The first-order valence-corrected chi connectivity index (χ1v) is 6.86. The molecule has 5 heteroatoms. The van der Waals surface area contributed by atoms with Crippen molar-refractivity contribution in [2.45, 2.75) is 25.7 Å². The van der Waals surface area contributed by atoms with Crippen molar-refractivity contribution in [2.24, 2.45) is 0 Å². The zero-order chi connectivity index (χ0) is 13.4. The molecule has 1 aliphatic carbocycles. The van der Waals surface area contributed by atoms with Crippen molar-refractivity contribution in [3.63, 3.8) is 0 Å². The van der Waals surface area contributed by atoms with Gasteiger partial charge in [-0.3, -0.25) is 0 Å². The lowest BCUT2D eigenvalue weighted by Crippen LogP contribution is -1.96. The SMILES string of the molecule is Cc1ccc(Oc2cc(Cl)nc(C3CC3)n2)c(Cl)c1. The molecule has 0 amide bonds. The molecule has 0 saturated heterocycles. The highest BCUT2D eigenvalue weighted by Gasteiger charge is 2.27. The van der Waals surface area contributed by atoms with E-state index in [0.29, 0.717) is 27.7 Å². The molecule has 98 valence electrons. The summed E-state index contributed by atoms with van der Waals surface area (Å²) in [5.74, 6) is 2.19. The van der Waals surface area contributed by atoms with Crippen LogP contribution in [-0.2, 0) is 0 Å². The Labute approximate surface area is 121 Å². The number of hydrogen-bond donors (Lipinski definition) is 0. The van der Waals surface area contributed by atoms with Crippen LogP contribution in [0, 0.1) is 6.92 Å². The van der Waals surface area contributed by atoms with Crippen LogP contribution in [0.5, 0.6) is 11.6 Å². The van der Waals surface area contributed by atoms with E-state index in [1.807, 2.05) is 25.1 Å². The first-order chi connectivity index (χ1) is 9.11. The Kier molecular flexibility index (Phi) is 3.33. The highest BCUT2D eigenvalue weighted by molar-refractivity contribution is 6.32. The fourth-order valence-electron chi connectivity index (χ4n) is 1.79. The van der Waals surface area contributed by atoms with E-state index in [2.05, 4.69) is 9.97 Å². The number of halogens is 2. The lowest BCUT2D eigenvalue weighted by molar-refractivity contribution is 0.458. The number of benzene rings is 1. The molecule has 1 heterocycles. The highest BCUT2D eigenvalue weighted by atomic mass is 35.5. The number of aryl methyl sites for hydroxylation is 1. The molecule has 0 spiro atoms. The van der Waals surface area contributed by atoms with Gasteiger partial charge in [0.15, 0.2) is 0 Å². The molecule has 0 atom stereocenters. The van der Waals surface area contributed by atoms with E-state index < -0.39 is 0 Å². The quantitative estimate of drug-likeness (QED) is 0.766. The van der Waals surface area contributed by atoms with E-state index in [1.54, 1.807) is 6.07 Å². The third-order valence-electron chi connectivity index (χ3n) is 2.93. The second-order valence-corrected chi connectivity index (χ2v) is 5.49. The van der Waals surface area contributed by atoms with Gasteiger partial charge in [-0.1, -0.05) is 29.3 Å². The van der Waals surface area contributed by atoms with Crippen LogP contribution in [0.25, 0.3) is 0 Å². The molecule has 19 heavy (non-hydrogen) atoms. The molecule has 3 nitrogen and oxygen atoms in total. The molecule has 1 aliphatic rings. The van der Waals surface area contributed by atoms with Crippen molar-refractivity contribution < 1.29 is 4.74 Å². The van der Waals surface area contributed by atoms with E-state index in [9.17, 15) is 0 Å². The van der Waals surface area contributed by atoms with Crippen molar-refractivity contribution in [1.29, 1.82) is 0 Å². The second-order valence-electron chi connectivity index (χ2n) is 4.70. The zero-order valence-electron chi connectivity index (χ0n) is 10.4. The maximum atomic E-state index is 6.13. The minimum Gasteiger partial charge on any atom is -0.437 e. The number of rotatable bonds is 3. The van der Waals surface area contributed by atoms with Gasteiger partial charge in [0, 0.05) is 12.0 Å². The predicted molar refractivity (Wildman–Crippen MR) is 75.3 cm³/mol. The first kappa shape index (κ1) is 12.7. The number of aromatic nitrogens is 2. The molecule has 1 aromatic carbocycles. The summed E-state index contributed by atoms with van der Waals surface area (Å²) in [4.78, 5) is 8.59. The van der Waals surface area contributed by atoms with Gasteiger partial charge < -0.3 is 4.74 Å². The van der Waals surface area contributed by atoms with E-state index >= 15 is 0 Å². The van der Waals surface area contributed by atoms with Gasteiger partial charge in [0.1, 0.15) is 16.7 Å². The topological polar surface area (TPSA) is 35.0 Å². The summed E-state index contributed by atoms with van der Waals surface area (Å²) in [7, 11) is 0. The molecule has 3 rings (SSSR count). The first-order valence-electron chi connectivity index (χ1n) is 6.10. The van der Waals surface area contributed by atoms with Gasteiger partial charge in [0.25, 0.3) is 0 Å². The van der Waals surface area contributed by atoms with Crippen LogP contribution in [0.3, 0.4) is 0 Å². The van der Waals surface area contributed by atoms with Gasteiger partial charge in [-0.2, -0.15) is 4.98 Å². The summed E-state index contributed by atoms with van der Waals surface area (Å²) in [6.07, 6.45) is 2.23. The van der Waals surface area contributed by atoms with Crippen LogP contribution in [0.2, 0.25) is 10.2 Å². The maximum Gasteiger partial charge on any atom is 0.224 e. The average molecular weight is 295 g/mol. The molecular formula is C14H12Cl2N2O. The van der Waals surface area contributed by atoms with Gasteiger partial charge in [0.05, 0.1) is 5.02 Å². The summed E-state index contributed by atoms with van der Waals surface area (Å²) in [5, 5.41) is 0.956. The second kappa shape index (κ2) is 4.99. The van der Waals surface area contributed by atoms with Crippen molar-refractivity contribution >= 4 is 23.2 Å². The lowest BCUT2D eigenvalue weighted by Gasteiger charge is -2.08. The molecule has 1 aromatic heterocycles. The Balaban J connectivity index is 1.89. The Morgan fingerprint density at radius 2 is 1.95 bits per heavy atom. The minimum absolute atomic E-state index is 0.398. The molecule has 0 radical (unpaired) electrons. The van der Waals surface area contributed by atoms with E-state index in [4.69, 9.17) is 27.9 Å². The van der Waals surface area contributed by atoms with Crippen LogP contribution in [-0.4, -0.2) is 9.97 Å². The monoisotopic (exact) mass is 294 g/mol. The Hall–Kier alpha value is -1.32. The van der Waals surface area contributed by atoms with E-state index in [-0.39, 0.29) is 0 Å². The summed E-state index contributed by atoms with van der Waals surface area (Å²) >= 11 is 12.1. The standard InChI is InChI=1S/C14H12Cl2N2O/c1-8-2-5-11(10(15)6-8)19-13-7-12(16)17-14(18-13)9-3-4-9/h2,5-7,9H,3-4H2,1H3. The van der Waals surface area contributed by atoms with Crippen LogP contribution in [0.15, 0.2) is 24.3 Å². The predicted octanol–water partition coefficient (Wildman–Crippen LogP) is 4.76. The van der Waals surface area contributed by atoms with Crippen molar-refractivity contribution in [1.82, 2.24) is 9.97 Å². The fraction of sp³-hybridized carbons (Fsp3) is 0.286. The minimum atomic E-state index is 0.398. The van der Waals surface area contributed by atoms with E-state index in [1.165, 1.54) is 0 Å². The average Bonchev–Trinajstić information content (AvgIpc) is 3.16. The zero-order valence-corrected chi connectivity index (χ0v) is 11.9. The van der Waals surface area contributed by atoms with Crippen LogP contribution in [0.1, 0.15) is 30.1 Å².